The highest BCUT2D eigenvalue weighted by Crippen LogP contribution is 2.19. The van der Waals surface area contributed by atoms with E-state index < -0.39 is 0 Å². The van der Waals surface area contributed by atoms with Crippen molar-refractivity contribution in [2.24, 2.45) is 7.05 Å². The van der Waals surface area contributed by atoms with Crippen LogP contribution in [0.1, 0.15) is 23.9 Å². The smallest absolute Gasteiger partial charge is 0.149 e. The minimum absolute atomic E-state index is 0.237. The third-order valence-electron chi connectivity index (χ3n) is 3.19. The van der Waals surface area contributed by atoms with Crippen molar-refractivity contribution in [3.05, 3.63) is 47.3 Å². The van der Waals surface area contributed by atoms with E-state index in [2.05, 4.69) is 43.2 Å². The third-order valence-corrected chi connectivity index (χ3v) is 4.26. The number of rotatable bonds is 6. The summed E-state index contributed by atoms with van der Waals surface area (Å²) < 4.78 is 1.81. The third kappa shape index (κ3) is 3.97. The summed E-state index contributed by atoms with van der Waals surface area (Å²) in [4.78, 5) is 13.2. The van der Waals surface area contributed by atoms with Gasteiger partial charge < -0.3 is 0 Å². The van der Waals surface area contributed by atoms with Crippen LogP contribution in [0, 0.1) is 6.92 Å². The Morgan fingerprint density at radius 3 is 2.60 bits per heavy atom. The fourth-order valence-corrected chi connectivity index (χ4v) is 2.72. The highest BCUT2D eigenvalue weighted by Gasteiger charge is 2.10. The zero-order valence-electron chi connectivity index (χ0n) is 12.2. The fourth-order valence-electron chi connectivity index (χ4n) is 1.96. The second kappa shape index (κ2) is 6.75. The molecule has 0 N–H and O–H groups in total. The monoisotopic (exact) mass is 288 g/mol. The number of ketones is 1. The topological polar surface area (TPSA) is 34.9 Å². The molecular formula is C16H20N2OS. The second-order valence-corrected chi connectivity index (χ2v) is 5.97. The quantitative estimate of drug-likeness (QED) is 0.766. The maximum Gasteiger partial charge on any atom is 0.149 e. The van der Waals surface area contributed by atoms with E-state index >= 15 is 0 Å². The first-order valence-electron chi connectivity index (χ1n) is 6.81. The predicted molar refractivity (Wildman–Crippen MR) is 83.2 cm³/mol. The Labute approximate surface area is 124 Å². The number of aryl methyl sites for hydroxylation is 3. The van der Waals surface area contributed by atoms with E-state index in [4.69, 9.17) is 0 Å². The summed E-state index contributed by atoms with van der Waals surface area (Å²) in [5, 5.41) is 4.37. The number of aromatic nitrogens is 2. The van der Waals surface area contributed by atoms with Gasteiger partial charge in [0, 0.05) is 24.1 Å². The molecule has 0 fully saturated rings. The molecule has 1 heterocycles. The van der Waals surface area contributed by atoms with Gasteiger partial charge in [-0.05, 0) is 31.5 Å². The van der Waals surface area contributed by atoms with Gasteiger partial charge in [-0.15, -0.1) is 11.8 Å². The van der Waals surface area contributed by atoms with Crippen molar-refractivity contribution in [2.75, 3.05) is 5.75 Å². The number of Topliss-reactive ketones (excluding diaryl/α,β-unsaturated/α-hetero) is 1. The number of hydrogen-bond acceptors (Lipinski definition) is 3. The molecule has 4 heteroatoms. The Morgan fingerprint density at radius 1 is 1.30 bits per heavy atom. The standard InChI is InChI=1S/C16H20N2OS/c1-4-13-9-14(18(3)17-13)10-15(19)11-20-16-7-5-12(2)6-8-16/h5-9H,4,10-11H2,1-3H3. The molecule has 106 valence electrons. The molecule has 0 aliphatic carbocycles. The van der Waals surface area contributed by atoms with Crippen LogP contribution < -0.4 is 0 Å². The molecule has 0 saturated carbocycles. The summed E-state index contributed by atoms with van der Waals surface area (Å²) in [6, 6.07) is 10.3. The molecule has 0 atom stereocenters. The Bertz CT molecular complexity index is 587. The van der Waals surface area contributed by atoms with Crippen LogP contribution >= 0.6 is 11.8 Å². The van der Waals surface area contributed by atoms with Crippen molar-refractivity contribution in [3.63, 3.8) is 0 Å². The lowest BCUT2D eigenvalue weighted by molar-refractivity contribution is -0.116. The number of carbonyl (C=O) groups is 1. The van der Waals surface area contributed by atoms with Gasteiger partial charge in [0.05, 0.1) is 11.4 Å². The van der Waals surface area contributed by atoms with Crippen LogP contribution in [0.3, 0.4) is 0 Å². The molecule has 0 saturated heterocycles. The number of hydrogen-bond donors (Lipinski definition) is 0. The van der Waals surface area contributed by atoms with Crippen molar-refractivity contribution >= 4 is 17.5 Å². The van der Waals surface area contributed by atoms with Gasteiger partial charge in [0.2, 0.25) is 0 Å². The first kappa shape index (κ1) is 14.9. The van der Waals surface area contributed by atoms with Gasteiger partial charge in [-0.3, -0.25) is 9.48 Å². The molecule has 0 radical (unpaired) electrons. The summed E-state index contributed by atoms with van der Waals surface area (Å²) in [6.07, 6.45) is 1.36. The Kier molecular flexibility index (Phi) is 5.01. The molecule has 1 aromatic heterocycles. The molecule has 2 aromatic rings. The molecule has 0 aliphatic heterocycles. The summed E-state index contributed by atoms with van der Waals surface area (Å²) in [7, 11) is 1.90. The lowest BCUT2D eigenvalue weighted by Crippen LogP contribution is -2.09. The van der Waals surface area contributed by atoms with Crippen molar-refractivity contribution in [1.29, 1.82) is 0 Å². The van der Waals surface area contributed by atoms with E-state index in [0.717, 1.165) is 22.7 Å². The normalized spacial score (nSPS) is 10.8. The van der Waals surface area contributed by atoms with E-state index in [1.165, 1.54) is 5.56 Å². The van der Waals surface area contributed by atoms with Gasteiger partial charge in [0.15, 0.2) is 0 Å². The molecule has 0 aliphatic rings. The minimum Gasteiger partial charge on any atom is -0.298 e. The van der Waals surface area contributed by atoms with E-state index in [0.29, 0.717) is 12.2 Å². The van der Waals surface area contributed by atoms with Gasteiger partial charge in [0.25, 0.3) is 0 Å². The Balaban J connectivity index is 1.89. The van der Waals surface area contributed by atoms with E-state index in [1.54, 1.807) is 11.8 Å². The van der Waals surface area contributed by atoms with Crippen LogP contribution in [0.5, 0.6) is 0 Å². The summed E-state index contributed by atoms with van der Waals surface area (Å²) in [5.41, 5.74) is 3.28. The molecular weight excluding hydrogens is 268 g/mol. The summed E-state index contributed by atoms with van der Waals surface area (Å²) in [5.74, 6) is 0.747. The number of carbonyl (C=O) groups excluding carboxylic acids is 1. The Morgan fingerprint density at radius 2 is 2.00 bits per heavy atom. The first-order chi connectivity index (χ1) is 9.58. The van der Waals surface area contributed by atoms with Crippen molar-refractivity contribution in [2.45, 2.75) is 31.6 Å². The van der Waals surface area contributed by atoms with E-state index in [1.807, 2.05) is 17.8 Å². The van der Waals surface area contributed by atoms with Crippen LogP contribution in [0.4, 0.5) is 0 Å². The number of benzene rings is 1. The molecule has 20 heavy (non-hydrogen) atoms. The van der Waals surface area contributed by atoms with Crippen molar-refractivity contribution in [3.8, 4) is 0 Å². The fraction of sp³-hybridized carbons (Fsp3) is 0.375. The zero-order valence-corrected chi connectivity index (χ0v) is 13.0. The van der Waals surface area contributed by atoms with Gasteiger partial charge in [-0.2, -0.15) is 5.10 Å². The zero-order chi connectivity index (χ0) is 14.5. The van der Waals surface area contributed by atoms with Gasteiger partial charge in [0.1, 0.15) is 5.78 Å². The van der Waals surface area contributed by atoms with Crippen molar-refractivity contribution < 1.29 is 4.79 Å². The maximum absolute atomic E-state index is 12.0. The predicted octanol–water partition coefficient (Wildman–Crippen LogP) is 3.19. The van der Waals surface area contributed by atoms with Crippen LogP contribution in [0.2, 0.25) is 0 Å². The molecule has 0 amide bonds. The molecule has 0 spiro atoms. The molecule has 0 unspecified atom stereocenters. The second-order valence-electron chi connectivity index (χ2n) is 4.92. The highest BCUT2D eigenvalue weighted by molar-refractivity contribution is 8.00. The largest absolute Gasteiger partial charge is 0.298 e. The van der Waals surface area contributed by atoms with Crippen LogP contribution in [-0.2, 0) is 24.7 Å². The lowest BCUT2D eigenvalue weighted by Gasteiger charge is -2.03. The first-order valence-corrected chi connectivity index (χ1v) is 7.80. The average Bonchev–Trinajstić information content (AvgIpc) is 2.79. The van der Waals surface area contributed by atoms with E-state index in [9.17, 15) is 4.79 Å². The van der Waals surface area contributed by atoms with Gasteiger partial charge in [-0.1, -0.05) is 24.6 Å². The van der Waals surface area contributed by atoms with Gasteiger partial charge >= 0.3 is 0 Å². The van der Waals surface area contributed by atoms with E-state index in [-0.39, 0.29) is 5.78 Å². The Hall–Kier alpha value is -1.55. The number of nitrogens with zero attached hydrogens (tertiary/aromatic N) is 2. The lowest BCUT2D eigenvalue weighted by atomic mass is 10.2. The van der Waals surface area contributed by atoms with Gasteiger partial charge in [-0.25, -0.2) is 0 Å². The number of thioether (sulfide) groups is 1. The molecule has 2 rings (SSSR count). The minimum atomic E-state index is 0.237. The van der Waals surface area contributed by atoms with Crippen LogP contribution in [0.25, 0.3) is 0 Å². The molecule has 1 aromatic carbocycles. The maximum atomic E-state index is 12.0. The van der Waals surface area contributed by atoms with Crippen LogP contribution in [0.15, 0.2) is 35.2 Å². The SMILES string of the molecule is CCc1cc(CC(=O)CSc2ccc(C)cc2)n(C)n1. The molecule has 0 bridgehead atoms. The van der Waals surface area contributed by atoms with Crippen LogP contribution in [-0.4, -0.2) is 21.3 Å². The van der Waals surface area contributed by atoms with Crippen molar-refractivity contribution in [1.82, 2.24) is 9.78 Å². The average molecular weight is 288 g/mol. The summed E-state index contributed by atoms with van der Waals surface area (Å²) in [6.45, 7) is 4.13. The summed E-state index contributed by atoms with van der Waals surface area (Å²) >= 11 is 1.60. The molecule has 3 nitrogen and oxygen atoms in total. The highest BCUT2D eigenvalue weighted by atomic mass is 32.2.